The van der Waals surface area contributed by atoms with Crippen LogP contribution in [0.3, 0.4) is 0 Å². The van der Waals surface area contributed by atoms with E-state index in [-0.39, 0.29) is 0 Å². The lowest BCUT2D eigenvalue weighted by Crippen LogP contribution is -2.23. The molecule has 0 saturated carbocycles. The highest BCUT2D eigenvalue weighted by Gasteiger charge is 2.27. The summed E-state index contributed by atoms with van der Waals surface area (Å²) in [5, 5.41) is 0. The second-order valence-electron chi connectivity index (χ2n) is 5.22. The van der Waals surface area contributed by atoms with Gasteiger partial charge in [0.15, 0.2) is 0 Å². The van der Waals surface area contributed by atoms with Crippen LogP contribution < -0.4 is 0 Å². The van der Waals surface area contributed by atoms with Gasteiger partial charge in [-0.25, -0.2) is 0 Å². The van der Waals surface area contributed by atoms with Crippen LogP contribution in [0.1, 0.15) is 40.6 Å². The van der Waals surface area contributed by atoms with E-state index in [1.54, 1.807) is 11.5 Å². The summed E-state index contributed by atoms with van der Waals surface area (Å²) >= 11 is 1.62. The molecule has 1 unspecified atom stereocenters. The largest absolute Gasteiger partial charge is 0.292 e. The van der Waals surface area contributed by atoms with E-state index < -0.39 is 0 Å². The molecule has 0 aliphatic carbocycles. The molecule has 100 valence electrons. The van der Waals surface area contributed by atoms with E-state index >= 15 is 0 Å². The highest BCUT2D eigenvalue weighted by molar-refractivity contribution is 7.05. The van der Waals surface area contributed by atoms with Crippen LogP contribution in [-0.4, -0.2) is 20.8 Å². The maximum absolute atomic E-state index is 4.46. The van der Waals surface area contributed by atoms with Crippen molar-refractivity contribution in [3.05, 3.63) is 46.2 Å². The smallest absolute Gasteiger partial charge is 0.0559 e. The summed E-state index contributed by atoms with van der Waals surface area (Å²) in [6.45, 7) is 6.49. The molecular weight excluding hydrogens is 254 g/mol. The molecule has 2 aromatic heterocycles. The predicted molar refractivity (Wildman–Crippen MR) is 78.2 cm³/mol. The minimum atomic E-state index is 0.521. The van der Waals surface area contributed by atoms with E-state index in [0.717, 1.165) is 6.54 Å². The molecule has 0 bridgehead atoms. The molecule has 1 atom stereocenters. The predicted octanol–water partition coefficient (Wildman–Crippen LogP) is 3.49. The number of pyridine rings is 1. The zero-order chi connectivity index (χ0) is 13.2. The molecule has 3 nitrogen and oxygen atoms in total. The van der Waals surface area contributed by atoms with Gasteiger partial charge in [0.25, 0.3) is 0 Å². The summed E-state index contributed by atoms with van der Waals surface area (Å²) in [6.07, 6.45) is 6.37. The Morgan fingerprint density at radius 1 is 1.42 bits per heavy atom. The average molecular weight is 273 g/mol. The summed E-state index contributed by atoms with van der Waals surface area (Å²) in [4.78, 5) is 8.18. The molecule has 0 amide bonds. The van der Waals surface area contributed by atoms with Gasteiger partial charge < -0.3 is 0 Å². The minimum Gasteiger partial charge on any atom is -0.292 e. The normalized spacial score (nSPS) is 20.0. The van der Waals surface area contributed by atoms with E-state index in [1.165, 1.54) is 41.1 Å². The van der Waals surface area contributed by atoms with Crippen molar-refractivity contribution in [3.8, 4) is 0 Å². The molecule has 0 spiro atoms. The molecule has 19 heavy (non-hydrogen) atoms. The standard InChI is InChI=1S/C15H19N3S/c1-11-14(12(2)19-17-11)10-18-8-4-6-15(18)13-5-3-7-16-9-13/h3,5,7,9,15H,4,6,8,10H2,1-2H3. The highest BCUT2D eigenvalue weighted by Crippen LogP contribution is 2.33. The van der Waals surface area contributed by atoms with E-state index in [9.17, 15) is 0 Å². The third-order valence-corrected chi connectivity index (χ3v) is 4.86. The van der Waals surface area contributed by atoms with Crippen molar-refractivity contribution in [1.29, 1.82) is 0 Å². The first-order chi connectivity index (χ1) is 9.25. The molecule has 3 rings (SSSR count). The van der Waals surface area contributed by atoms with Crippen LogP contribution in [0.25, 0.3) is 0 Å². The Bertz CT molecular complexity index is 530. The average Bonchev–Trinajstić information content (AvgIpc) is 3.02. The quantitative estimate of drug-likeness (QED) is 0.857. The Hall–Kier alpha value is -1.26. The first-order valence-electron chi connectivity index (χ1n) is 6.81. The van der Waals surface area contributed by atoms with Gasteiger partial charge in [0, 0.05) is 35.4 Å². The number of rotatable bonds is 3. The van der Waals surface area contributed by atoms with Gasteiger partial charge in [-0.05, 0) is 56.4 Å². The van der Waals surface area contributed by atoms with E-state index in [4.69, 9.17) is 0 Å². The number of aryl methyl sites for hydroxylation is 2. The van der Waals surface area contributed by atoms with Crippen LogP contribution in [0.15, 0.2) is 24.5 Å². The zero-order valence-corrected chi connectivity index (χ0v) is 12.3. The molecule has 3 heterocycles. The second-order valence-corrected chi connectivity index (χ2v) is 6.20. The Balaban J connectivity index is 1.81. The number of aromatic nitrogens is 2. The second kappa shape index (κ2) is 5.39. The first kappa shape index (κ1) is 12.8. The fourth-order valence-corrected chi connectivity index (χ4v) is 3.60. The van der Waals surface area contributed by atoms with Gasteiger partial charge in [-0.3, -0.25) is 9.88 Å². The van der Waals surface area contributed by atoms with Gasteiger partial charge in [0.05, 0.1) is 5.69 Å². The summed E-state index contributed by atoms with van der Waals surface area (Å²) in [5.41, 5.74) is 3.96. The van der Waals surface area contributed by atoms with Gasteiger partial charge in [-0.15, -0.1) is 0 Å². The summed E-state index contributed by atoms with van der Waals surface area (Å²) in [5.74, 6) is 0. The van der Waals surface area contributed by atoms with Crippen molar-refractivity contribution in [2.75, 3.05) is 6.54 Å². The third-order valence-electron chi connectivity index (χ3n) is 3.98. The Labute approximate surface area is 118 Å². The number of likely N-dealkylation sites (tertiary alicyclic amines) is 1. The van der Waals surface area contributed by atoms with Crippen LogP contribution in [0.4, 0.5) is 0 Å². The molecule has 0 N–H and O–H groups in total. The van der Waals surface area contributed by atoms with E-state index in [0.29, 0.717) is 6.04 Å². The minimum absolute atomic E-state index is 0.521. The van der Waals surface area contributed by atoms with Crippen molar-refractivity contribution < 1.29 is 0 Å². The molecule has 2 aromatic rings. The SMILES string of the molecule is Cc1nsc(C)c1CN1CCCC1c1cccnc1. The van der Waals surface area contributed by atoms with Crippen LogP contribution in [-0.2, 0) is 6.54 Å². The highest BCUT2D eigenvalue weighted by atomic mass is 32.1. The van der Waals surface area contributed by atoms with Crippen molar-refractivity contribution in [1.82, 2.24) is 14.3 Å². The lowest BCUT2D eigenvalue weighted by atomic mass is 10.1. The Kier molecular flexibility index (Phi) is 3.62. The van der Waals surface area contributed by atoms with Crippen molar-refractivity contribution in [2.24, 2.45) is 0 Å². The first-order valence-corrected chi connectivity index (χ1v) is 7.59. The van der Waals surface area contributed by atoms with Gasteiger partial charge in [0.1, 0.15) is 0 Å². The third kappa shape index (κ3) is 2.55. The molecule has 1 saturated heterocycles. The van der Waals surface area contributed by atoms with Crippen molar-refractivity contribution in [2.45, 2.75) is 39.3 Å². The van der Waals surface area contributed by atoms with Crippen LogP contribution >= 0.6 is 11.5 Å². The summed E-state index contributed by atoms with van der Waals surface area (Å²) in [7, 11) is 0. The van der Waals surface area contributed by atoms with Gasteiger partial charge in [-0.2, -0.15) is 4.37 Å². The maximum Gasteiger partial charge on any atom is 0.0559 e. The number of nitrogens with zero attached hydrogens (tertiary/aromatic N) is 3. The molecular formula is C15H19N3S. The van der Waals surface area contributed by atoms with Gasteiger partial charge in [0.2, 0.25) is 0 Å². The molecule has 1 aliphatic rings. The Morgan fingerprint density at radius 3 is 3.00 bits per heavy atom. The molecule has 0 aromatic carbocycles. The zero-order valence-electron chi connectivity index (χ0n) is 11.5. The van der Waals surface area contributed by atoms with Crippen LogP contribution in [0.2, 0.25) is 0 Å². The Morgan fingerprint density at radius 2 is 2.32 bits per heavy atom. The van der Waals surface area contributed by atoms with E-state index in [2.05, 4.69) is 34.2 Å². The fraction of sp³-hybridized carbons (Fsp3) is 0.467. The van der Waals surface area contributed by atoms with Gasteiger partial charge in [-0.1, -0.05) is 6.07 Å². The van der Waals surface area contributed by atoms with Crippen molar-refractivity contribution >= 4 is 11.5 Å². The van der Waals surface area contributed by atoms with Crippen molar-refractivity contribution in [3.63, 3.8) is 0 Å². The number of hydrogen-bond acceptors (Lipinski definition) is 4. The lowest BCUT2D eigenvalue weighted by Gasteiger charge is -2.24. The lowest BCUT2D eigenvalue weighted by molar-refractivity contribution is 0.247. The maximum atomic E-state index is 4.46. The van der Waals surface area contributed by atoms with E-state index in [1.807, 2.05) is 18.5 Å². The van der Waals surface area contributed by atoms with Crippen LogP contribution in [0, 0.1) is 13.8 Å². The van der Waals surface area contributed by atoms with Gasteiger partial charge >= 0.3 is 0 Å². The molecule has 4 heteroatoms. The topological polar surface area (TPSA) is 29.0 Å². The summed E-state index contributed by atoms with van der Waals surface area (Å²) < 4.78 is 4.46. The monoisotopic (exact) mass is 273 g/mol. The number of hydrogen-bond donors (Lipinski definition) is 0. The molecule has 1 aliphatic heterocycles. The fourth-order valence-electron chi connectivity index (χ4n) is 2.90. The molecule has 0 radical (unpaired) electrons. The summed E-state index contributed by atoms with van der Waals surface area (Å²) in [6, 6.07) is 4.75. The molecule has 1 fully saturated rings. The van der Waals surface area contributed by atoms with Crippen LogP contribution in [0.5, 0.6) is 0 Å².